The van der Waals surface area contributed by atoms with Crippen molar-refractivity contribution in [1.82, 2.24) is 9.97 Å². The molecule has 0 N–H and O–H groups in total. The van der Waals surface area contributed by atoms with Crippen molar-refractivity contribution >= 4 is 5.95 Å². The van der Waals surface area contributed by atoms with Crippen LogP contribution in [0, 0.1) is 24.1 Å². The summed E-state index contributed by atoms with van der Waals surface area (Å²) >= 11 is 0. The fraction of sp³-hybridized carbons (Fsp3) is 0.462. The molecular weight excluding hydrogens is 217 g/mol. The first-order chi connectivity index (χ1) is 8.31. The Kier molecular flexibility index (Phi) is 3.92. The van der Waals surface area contributed by atoms with Crippen LogP contribution in [0.25, 0.3) is 0 Å². The summed E-state index contributed by atoms with van der Waals surface area (Å²) in [7, 11) is 0. The van der Waals surface area contributed by atoms with Gasteiger partial charge in [-0.2, -0.15) is 0 Å². The number of anilines is 1. The largest absolute Gasteiger partial charge is 0.341 e. The number of rotatable bonds is 1. The van der Waals surface area contributed by atoms with E-state index in [4.69, 9.17) is 0 Å². The quantitative estimate of drug-likeness (QED) is 0.695. The minimum Gasteiger partial charge on any atom is -0.341 e. The van der Waals surface area contributed by atoms with Crippen LogP contribution in [0.1, 0.15) is 31.9 Å². The van der Waals surface area contributed by atoms with Gasteiger partial charge in [0.25, 0.3) is 0 Å². The smallest absolute Gasteiger partial charge is 0.226 e. The molecule has 3 nitrogen and oxygen atoms in total. The van der Waals surface area contributed by atoms with Crippen LogP contribution in [0.5, 0.6) is 0 Å². The molecule has 1 aliphatic heterocycles. The van der Waals surface area contributed by atoms with Crippen LogP contribution in [-0.2, 0) is 0 Å². The Balaban J connectivity index is 2.23. The molecule has 0 aliphatic carbocycles. The Morgan fingerprint density at radius 1 is 1.41 bits per heavy atom. The molecule has 0 unspecified atom stereocenters. The predicted molar refractivity (Wildman–Crippen MR) is 64.9 cm³/mol. The molecule has 17 heavy (non-hydrogen) atoms. The van der Waals surface area contributed by atoms with E-state index in [9.17, 15) is 4.39 Å². The van der Waals surface area contributed by atoms with Gasteiger partial charge in [0.05, 0.1) is 6.20 Å². The molecule has 1 aliphatic rings. The van der Waals surface area contributed by atoms with Crippen molar-refractivity contribution in [2.75, 3.05) is 18.0 Å². The summed E-state index contributed by atoms with van der Waals surface area (Å²) in [4.78, 5) is 10.3. The lowest BCUT2D eigenvalue weighted by Gasteiger charge is -2.26. The average molecular weight is 232 g/mol. The van der Waals surface area contributed by atoms with E-state index in [1.54, 1.807) is 0 Å². The number of aromatic nitrogens is 2. The monoisotopic (exact) mass is 232 g/mol. The van der Waals surface area contributed by atoms with Gasteiger partial charge in [0, 0.05) is 19.5 Å². The average Bonchev–Trinajstić information content (AvgIpc) is 2.39. The highest BCUT2D eigenvalue weighted by Crippen LogP contribution is 2.15. The van der Waals surface area contributed by atoms with Gasteiger partial charge in [0.15, 0.2) is 11.5 Å². The van der Waals surface area contributed by atoms with Gasteiger partial charge < -0.3 is 4.90 Å². The number of piperidine rings is 1. The maximum atomic E-state index is 13.4. The SMILES string of the molecule is CCC#Cc1nc(N2CC[CH]CC2)ncc1F. The van der Waals surface area contributed by atoms with Crippen molar-refractivity contribution in [3.63, 3.8) is 0 Å². The molecule has 0 amide bonds. The van der Waals surface area contributed by atoms with E-state index in [2.05, 4.69) is 33.1 Å². The highest BCUT2D eigenvalue weighted by molar-refractivity contribution is 5.37. The zero-order valence-electron chi connectivity index (χ0n) is 9.91. The van der Waals surface area contributed by atoms with Gasteiger partial charge >= 0.3 is 0 Å². The third kappa shape index (κ3) is 2.94. The molecule has 0 atom stereocenters. The summed E-state index contributed by atoms with van der Waals surface area (Å²) in [5.74, 6) is 5.70. The Labute approximate surface area is 101 Å². The highest BCUT2D eigenvalue weighted by Gasteiger charge is 2.15. The first kappa shape index (κ1) is 11.8. The van der Waals surface area contributed by atoms with Gasteiger partial charge in [-0.3, -0.25) is 0 Å². The lowest BCUT2D eigenvalue weighted by molar-refractivity contribution is 0.601. The minimum atomic E-state index is -0.446. The van der Waals surface area contributed by atoms with Crippen molar-refractivity contribution in [3.05, 3.63) is 24.1 Å². The van der Waals surface area contributed by atoms with E-state index in [-0.39, 0.29) is 5.69 Å². The van der Waals surface area contributed by atoms with Gasteiger partial charge in [0.1, 0.15) is 0 Å². The minimum absolute atomic E-state index is 0.200. The number of hydrogen-bond acceptors (Lipinski definition) is 3. The van der Waals surface area contributed by atoms with Gasteiger partial charge in [-0.15, -0.1) is 0 Å². The van der Waals surface area contributed by atoms with Crippen LogP contribution in [-0.4, -0.2) is 23.1 Å². The zero-order valence-corrected chi connectivity index (χ0v) is 9.91. The second kappa shape index (κ2) is 5.62. The summed E-state index contributed by atoms with van der Waals surface area (Å²) < 4.78 is 13.4. The van der Waals surface area contributed by atoms with Gasteiger partial charge in [-0.05, 0) is 25.2 Å². The molecule has 89 valence electrons. The second-order valence-electron chi connectivity index (χ2n) is 3.87. The third-order valence-corrected chi connectivity index (χ3v) is 2.60. The number of halogens is 1. The van der Waals surface area contributed by atoms with E-state index in [1.807, 2.05) is 6.92 Å². The Hall–Kier alpha value is -1.63. The molecule has 1 radical (unpaired) electrons. The third-order valence-electron chi connectivity index (χ3n) is 2.60. The fourth-order valence-electron chi connectivity index (χ4n) is 1.72. The Morgan fingerprint density at radius 3 is 2.88 bits per heavy atom. The summed E-state index contributed by atoms with van der Waals surface area (Å²) in [5, 5.41) is 0. The predicted octanol–water partition coefficient (Wildman–Crippen LogP) is 2.18. The topological polar surface area (TPSA) is 29.0 Å². The van der Waals surface area contributed by atoms with E-state index < -0.39 is 5.82 Å². The molecule has 2 rings (SSSR count). The van der Waals surface area contributed by atoms with Gasteiger partial charge in [-0.25, -0.2) is 14.4 Å². The van der Waals surface area contributed by atoms with E-state index >= 15 is 0 Å². The Bertz CT molecular complexity index is 442. The lowest BCUT2D eigenvalue weighted by Crippen LogP contribution is -2.31. The second-order valence-corrected chi connectivity index (χ2v) is 3.87. The summed E-state index contributed by atoms with van der Waals surface area (Å²) in [6, 6.07) is 0. The molecular formula is C13H15FN3. The van der Waals surface area contributed by atoms with Crippen molar-refractivity contribution < 1.29 is 4.39 Å². The van der Waals surface area contributed by atoms with Crippen molar-refractivity contribution in [3.8, 4) is 11.8 Å². The van der Waals surface area contributed by atoms with Crippen molar-refractivity contribution in [2.24, 2.45) is 0 Å². The van der Waals surface area contributed by atoms with Crippen LogP contribution in [0.4, 0.5) is 10.3 Å². The zero-order chi connectivity index (χ0) is 12.1. The fourth-order valence-corrected chi connectivity index (χ4v) is 1.72. The van der Waals surface area contributed by atoms with E-state index in [1.165, 1.54) is 6.20 Å². The maximum absolute atomic E-state index is 13.4. The molecule has 4 heteroatoms. The van der Waals surface area contributed by atoms with Crippen LogP contribution in [0.3, 0.4) is 0 Å². The summed E-state index contributed by atoms with van der Waals surface area (Å²) in [6.07, 6.45) is 6.20. The van der Waals surface area contributed by atoms with Crippen molar-refractivity contribution in [1.29, 1.82) is 0 Å². The number of hydrogen-bond donors (Lipinski definition) is 0. The summed E-state index contributed by atoms with van der Waals surface area (Å²) in [5.41, 5.74) is 0.200. The molecule has 0 spiro atoms. The van der Waals surface area contributed by atoms with Crippen molar-refractivity contribution in [2.45, 2.75) is 26.2 Å². The standard InChI is InChI=1S/C13H15FN3/c1-2-3-7-12-11(14)10-15-13(16-12)17-8-5-4-6-9-17/h4,10H,2,5-6,8-9H2,1H3. The van der Waals surface area contributed by atoms with E-state index in [0.29, 0.717) is 12.4 Å². The molecule has 0 saturated carbocycles. The first-order valence-corrected chi connectivity index (χ1v) is 5.89. The highest BCUT2D eigenvalue weighted by atomic mass is 19.1. The molecule has 1 aromatic heterocycles. The molecule has 2 heterocycles. The lowest BCUT2D eigenvalue weighted by atomic mass is 10.1. The molecule has 1 aromatic rings. The molecule has 0 aromatic carbocycles. The normalized spacial score (nSPS) is 15.3. The first-order valence-electron chi connectivity index (χ1n) is 5.89. The number of nitrogens with zero attached hydrogens (tertiary/aromatic N) is 3. The Morgan fingerprint density at radius 2 is 2.18 bits per heavy atom. The van der Waals surface area contributed by atoms with E-state index in [0.717, 1.165) is 25.9 Å². The van der Waals surface area contributed by atoms with Crippen LogP contribution in [0.2, 0.25) is 0 Å². The van der Waals surface area contributed by atoms with Crippen LogP contribution < -0.4 is 4.90 Å². The molecule has 0 bridgehead atoms. The molecule has 1 fully saturated rings. The van der Waals surface area contributed by atoms with Crippen LogP contribution in [0.15, 0.2) is 6.20 Å². The van der Waals surface area contributed by atoms with Crippen LogP contribution >= 0.6 is 0 Å². The summed E-state index contributed by atoms with van der Waals surface area (Å²) in [6.45, 7) is 3.71. The maximum Gasteiger partial charge on any atom is 0.226 e. The van der Waals surface area contributed by atoms with Gasteiger partial charge in [0.2, 0.25) is 5.95 Å². The molecule has 1 saturated heterocycles. The van der Waals surface area contributed by atoms with Gasteiger partial charge in [-0.1, -0.05) is 12.8 Å².